The molecule has 29 heavy (non-hydrogen) atoms. The third kappa shape index (κ3) is 7.78. The zero-order valence-corrected chi connectivity index (χ0v) is 16.5. The SMILES string of the molecule is NS(=O)(=O)c1ccc(NC(=O)CSc2ccc(NC(=O)/C=C/C(=O)O)cc2)cc1. The average molecular weight is 435 g/mol. The summed E-state index contributed by atoms with van der Waals surface area (Å²) in [5.74, 6) is -1.95. The maximum atomic E-state index is 12.0. The highest BCUT2D eigenvalue weighted by atomic mass is 32.2. The van der Waals surface area contributed by atoms with Gasteiger partial charge < -0.3 is 15.7 Å². The lowest BCUT2D eigenvalue weighted by molar-refractivity contribution is -0.131. The van der Waals surface area contributed by atoms with Gasteiger partial charge in [-0.3, -0.25) is 9.59 Å². The molecule has 0 unspecified atom stereocenters. The fourth-order valence-electron chi connectivity index (χ4n) is 2.04. The van der Waals surface area contributed by atoms with E-state index >= 15 is 0 Å². The number of hydrogen-bond donors (Lipinski definition) is 4. The number of carboxylic acid groups (broad SMARTS) is 1. The molecular weight excluding hydrogens is 418 g/mol. The fourth-order valence-corrected chi connectivity index (χ4v) is 3.25. The number of carbonyl (C=O) groups is 3. The van der Waals surface area contributed by atoms with Gasteiger partial charge >= 0.3 is 5.97 Å². The molecule has 0 atom stereocenters. The van der Waals surface area contributed by atoms with E-state index in [9.17, 15) is 22.8 Å². The van der Waals surface area contributed by atoms with E-state index in [0.29, 0.717) is 11.4 Å². The minimum absolute atomic E-state index is 0.0458. The lowest BCUT2D eigenvalue weighted by atomic mass is 10.3. The Labute approximate surface area is 171 Å². The van der Waals surface area contributed by atoms with Gasteiger partial charge in [0.25, 0.3) is 0 Å². The third-order valence-electron chi connectivity index (χ3n) is 3.34. The number of benzene rings is 2. The maximum Gasteiger partial charge on any atom is 0.328 e. The monoisotopic (exact) mass is 435 g/mol. The molecule has 0 saturated heterocycles. The Morgan fingerprint density at radius 3 is 2.03 bits per heavy atom. The Hall–Kier alpha value is -3.15. The van der Waals surface area contributed by atoms with E-state index < -0.39 is 21.9 Å². The molecule has 0 saturated carbocycles. The van der Waals surface area contributed by atoms with Gasteiger partial charge in [-0.15, -0.1) is 11.8 Å². The first kappa shape index (κ1) is 22.1. The maximum absolute atomic E-state index is 12.0. The van der Waals surface area contributed by atoms with Gasteiger partial charge in [0.1, 0.15) is 0 Å². The van der Waals surface area contributed by atoms with E-state index in [-0.39, 0.29) is 16.6 Å². The number of rotatable bonds is 8. The van der Waals surface area contributed by atoms with Crippen molar-refractivity contribution in [3.05, 3.63) is 60.7 Å². The van der Waals surface area contributed by atoms with Crippen molar-refractivity contribution in [3.8, 4) is 0 Å². The van der Waals surface area contributed by atoms with Gasteiger partial charge in [0.05, 0.1) is 10.6 Å². The van der Waals surface area contributed by atoms with Crippen LogP contribution in [0.25, 0.3) is 0 Å². The quantitative estimate of drug-likeness (QED) is 0.363. The molecule has 0 spiro atoms. The Balaban J connectivity index is 1.84. The van der Waals surface area contributed by atoms with Gasteiger partial charge in [-0.2, -0.15) is 0 Å². The number of primary sulfonamides is 1. The van der Waals surface area contributed by atoms with Crippen LogP contribution in [0.2, 0.25) is 0 Å². The smallest absolute Gasteiger partial charge is 0.328 e. The minimum Gasteiger partial charge on any atom is -0.478 e. The lowest BCUT2D eigenvalue weighted by Crippen LogP contribution is -2.15. The zero-order valence-electron chi connectivity index (χ0n) is 14.9. The zero-order chi connectivity index (χ0) is 21.4. The first-order valence-corrected chi connectivity index (χ1v) is 10.5. The van der Waals surface area contributed by atoms with Crippen LogP contribution < -0.4 is 15.8 Å². The van der Waals surface area contributed by atoms with Crippen LogP contribution in [0.1, 0.15) is 0 Å². The molecule has 2 amide bonds. The first-order chi connectivity index (χ1) is 13.6. The molecule has 11 heteroatoms. The summed E-state index contributed by atoms with van der Waals surface area (Å²) in [7, 11) is -3.79. The number of carbonyl (C=O) groups excluding carboxylic acids is 2. The van der Waals surface area contributed by atoms with Gasteiger partial charge in [0.2, 0.25) is 21.8 Å². The molecule has 2 rings (SSSR count). The molecule has 0 aromatic heterocycles. The van der Waals surface area contributed by atoms with Gasteiger partial charge in [-0.05, 0) is 48.5 Å². The van der Waals surface area contributed by atoms with Gasteiger partial charge in [-0.25, -0.2) is 18.4 Å². The van der Waals surface area contributed by atoms with Crippen molar-refractivity contribution in [2.45, 2.75) is 9.79 Å². The van der Waals surface area contributed by atoms with Crippen LogP contribution in [0.15, 0.2) is 70.5 Å². The standard InChI is InChI=1S/C18H17N3O6S2/c19-29(26,27)15-7-3-13(4-8-15)21-17(23)11-28-14-5-1-12(2-6-14)20-16(22)9-10-18(24)25/h1-10H,11H2,(H,20,22)(H,21,23)(H,24,25)(H2,19,26,27)/b10-9+. The Morgan fingerprint density at radius 2 is 1.48 bits per heavy atom. The molecule has 2 aromatic rings. The van der Waals surface area contributed by atoms with E-state index in [4.69, 9.17) is 10.2 Å². The van der Waals surface area contributed by atoms with Crippen molar-refractivity contribution in [2.24, 2.45) is 5.14 Å². The van der Waals surface area contributed by atoms with Crippen molar-refractivity contribution in [2.75, 3.05) is 16.4 Å². The van der Waals surface area contributed by atoms with E-state index in [1.165, 1.54) is 36.0 Å². The second kappa shape index (κ2) is 9.87. The van der Waals surface area contributed by atoms with Crippen LogP contribution >= 0.6 is 11.8 Å². The van der Waals surface area contributed by atoms with Crippen LogP contribution in [0, 0.1) is 0 Å². The summed E-state index contributed by atoms with van der Waals surface area (Å²) in [6.45, 7) is 0. The van der Waals surface area contributed by atoms with Crippen LogP contribution in [0.5, 0.6) is 0 Å². The molecule has 0 aliphatic rings. The van der Waals surface area contributed by atoms with Crippen LogP contribution in [-0.4, -0.2) is 37.1 Å². The molecule has 2 aromatic carbocycles. The van der Waals surface area contributed by atoms with Crippen molar-refractivity contribution in [3.63, 3.8) is 0 Å². The molecule has 5 N–H and O–H groups in total. The van der Waals surface area contributed by atoms with E-state index in [0.717, 1.165) is 17.0 Å². The van der Waals surface area contributed by atoms with E-state index in [1.54, 1.807) is 24.3 Å². The number of aliphatic carboxylic acids is 1. The van der Waals surface area contributed by atoms with Crippen molar-refractivity contribution in [1.82, 2.24) is 0 Å². The van der Waals surface area contributed by atoms with Crippen molar-refractivity contribution < 1.29 is 27.9 Å². The topological polar surface area (TPSA) is 156 Å². The highest BCUT2D eigenvalue weighted by Crippen LogP contribution is 2.21. The number of nitrogens with one attached hydrogen (secondary N) is 2. The number of nitrogens with two attached hydrogens (primary N) is 1. The predicted octanol–water partition coefficient (Wildman–Crippen LogP) is 1.64. The largest absolute Gasteiger partial charge is 0.478 e. The molecular formula is C18H17N3O6S2. The van der Waals surface area contributed by atoms with Crippen molar-refractivity contribution in [1.29, 1.82) is 0 Å². The molecule has 0 bridgehead atoms. The number of carboxylic acids is 1. The Kier molecular flexibility index (Phi) is 7.53. The van der Waals surface area contributed by atoms with Crippen LogP contribution in [-0.2, 0) is 24.4 Å². The van der Waals surface area contributed by atoms with Crippen molar-refractivity contribution >= 4 is 50.9 Å². The summed E-state index contributed by atoms with van der Waals surface area (Å²) < 4.78 is 22.4. The highest BCUT2D eigenvalue weighted by Gasteiger charge is 2.08. The third-order valence-corrected chi connectivity index (χ3v) is 5.28. The molecule has 0 heterocycles. The minimum atomic E-state index is -3.79. The molecule has 0 radical (unpaired) electrons. The molecule has 0 fully saturated rings. The summed E-state index contributed by atoms with van der Waals surface area (Å²) in [5.41, 5.74) is 0.921. The summed E-state index contributed by atoms with van der Waals surface area (Å²) in [6.07, 6.45) is 1.64. The van der Waals surface area contributed by atoms with Crippen LogP contribution in [0.3, 0.4) is 0 Å². The summed E-state index contributed by atoms with van der Waals surface area (Å²) in [4.78, 5) is 34.6. The molecule has 152 valence electrons. The second-order valence-electron chi connectivity index (χ2n) is 5.59. The summed E-state index contributed by atoms with van der Waals surface area (Å²) in [6, 6.07) is 12.1. The van der Waals surface area contributed by atoms with Gasteiger partial charge in [-0.1, -0.05) is 0 Å². The molecule has 0 aliphatic carbocycles. The lowest BCUT2D eigenvalue weighted by Gasteiger charge is -2.07. The van der Waals surface area contributed by atoms with Crippen LogP contribution in [0.4, 0.5) is 11.4 Å². The predicted molar refractivity (Wildman–Crippen MR) is 109 cm³/mol. The fraction of sp³-hybridized carbons (Fsp3) is 0.0556. The number of thioether (sulfide) groups is 1. The first-order valence-electron chi connectivity index (χ1n) is 8.01. The normalized spacial score (nSPS) is 11.2. The number of hydrogen-bond acceptors (Lipinski definition) is 6. The van der Waals surface area contributed by atoms with E-state index in [1.807, 2.05) is 0 Å². The summed E-state index contributed by atoms with van der Waals surface area (Å²) in [5, 5.41) is 18.6. The Bertz CT molecular complexity index is 1030. The average Bonchev–Trinajstić information content (AvgIpc) is 2.65. The molecule has 9 nitrogen and oxygen atoms in total. The van der Waals surface area contributed by atoms with E-state index in [2.05, 4.69) is 10.6 Å². The second-order valence-corrected chi connectivity index (χ2v) is 8.20. The van der Waals surface area contributed by atoms with Gasteiger partial charge in [0, 0.05) is 28.4 Å². The Morgan fingerprint density at radius 1 is 0.931 bits per heavy atom. The molecule has 0 aliphatic heterocycles. The van der Waals surface area contributed by atoms with Gasteiger partial charge in [0.15, 0.2) is 0 Å². The summed E-state index contributed by atoms with van der Waals surface area (Å²) >= 11 is 1.26. The number of anilines is 2. The number of amides is 2. The number of sulfonamides is 1. The highest BCUT2D eigenvalue weighted by molar-refractivity contribution is 8.00.